The third-order valence-corrected chi connectivity index (χ3v) is 5.41. The average Bonchev–Trinajstić information content (AvgIpc) is 3.29. The summed E-state index contributed by atoms with van der Waals surface area (Å²) < 4.78 is 0. The van der Waals surface area contributed by atoms with Crippen molar-refractivity contribution >= 4 is 23.5 Å². The first-order valence-corrected chi connectivity index (χ1v) is 9.66. The van der Waals surface area contributed by atoms with Gasteiger partial charge in [0.2, 0.25) is 5.91 Å². The zero-order valence-corrected chi connectivity index (χ0v) is 15.9. The highest BCUT2D eigenvalue weighted by Gasteiger charge is 2.51. The highest BCUT2D eigenvalue weighted by atomic mass is 16.2. The predicted molar refractivity (Wildman–Crippen MR) is 104 cm³/mol. The number of hydrogen-bond donors (Lipinski definition) is 4. The molecule has 4 rings (SSSR count). The third-order valence-electron chi connectivity index (χ3n) is 5.41. The smallest absolute Gasteiger partial charge is 0.325 e. The number of nitrogens with one attached hydrogen (secondary N) is 3. The van der Waals surface area contributed by atoms with Gasteiger partial charge in [-0.1, -0.05) is 19.3 Å². The lowest BCUT2D eigenvalue weighted by atomic mass is 9.82. The van der Waals surface area contributed by atoms with Crippen molar-refractivity contribution in [3.8, 4) is 11.4 Å². The maximum Gasteiger partial charge on any atom is 0.325 e. The van der Waals surface area contributed by atoms with E-state index < -0.39 is 17.5 Å². The van der Waals surface area contributed by atoms with Gasteiger partial charge in [0.1, 0.15) is 17.9 Å². The molecule has 1 spiro atoms. The molecule has 0 unspecified atom stereocenters. The molecule has 2 aliphatic rings. The molecular weight excluding hydrogens is 374 g/mol. The number of aromatic nitrogens is 3. The number of nitrogens with two attached hydrogens (primary N) is 1. The van der Waals surface area contributed by atoms with E-state index in [0.717, 1.165) is 29.7 Å². The lowest BCUT2D eigenvalue weighted by Gasteiger charge is -2.30. The Bertz CT molecular complexity index is 932. The molecule has 1 aromatic heterocycles. The zero-order valence-electron chi connectivity index (χ0n) is 15.9. The number of urea groups is 1. The van der Waals surface area contributed by atoms with Gasteiger partial charge >= 0.3 is 6.03 Å². The number of H-pyrrole nitrogens is 1. The van der Waals surface area contributed by atoms with Gasteiger partial charge in [-0.15, -0.1) is 0 Å². The molecule has 29 heavy (non-hydrogen) atoms. The number of nitrogens with zero attached hydrogens (tertiary/aromatic N) is 3. The van der Waals surface area contributed by atoms with Gasteiger partial charge in [-0.25, -0.2) is 9.78 Å². The number of benzene rings is 1. The number of carbonyl (C=O) groups is 3. The topological polar surface area (TPSA) is 146 Å². The van der Waals surface area contributed by atoms with Crippen LogP contribution in [0.3, 0.4) is 0 Å². The van der Waals surface area contributed by atoms with E-state index in [0.29, 0.717) is 30.2 Å². The van der Waals surface area contributed by atoms with Crippen LogP contribution < -0.4 is 16.4 Å². The predicted octanol–water partition coefficient (Wildman–Crippen LogP) is 1.12. The van der Waals surface area contributed by atoms with Crippen molar-refractivity contribution in [3.05, 3.63) is 30.1 Å². The Morgan fingerprint density at radius 3 is 2.55 bits per heavy atom. The van der Waals surface area contributed by atoms with Gasteiger partial charge in [0.05, 0.1) is 6.54 Å². The molecule has 2 heterocycles. The van der Waals surface area contributed by atoms with Gasteiger partial charge in [0, 0.05) is 11.3 Å². The maximum absolute atomic E-state index is 12.7. The van der Waals surface area contributed by atoms with Crippen LogP contribution in [0.2, 0.25) is 0 Å². The number of imide groups is 1. The van der Waals surface area contributed by atoms with Crippen molar-refractivity contribution in [2.45, 2.75) is 44.2 Å². The van der Waals surface area contributed by atoms with Crippen LogP contribution in [0.15, 0.2) is 24.3 Å². The van der Waals surface area contributed by atoms with E-state index in [1.807, 2.05) is 0 Å². The van der Waals surface area contributed by atoms with Crippen LogP contribution in [-0.2, 0) is 16.1 Å². The Hall–Kier alpha value is -3.27. The van der Waals surface area contributed by atoms with Crippen molar-refractivity contribution in [3.63, 3.8) is 0 Å². The van der Waals surface area contributed by atoms with Crippen molar-refractivity contribution < 1.29 is 14.4 Å². The number of anilines is 1. The average molecular weight is 397 g/mol. The Morgan fingerprint density at radius 2 is 1.90 bits per heavy atom. The molecule has 1 aromatic carbocycles. The SMILES string of the molecule is NCc1nc(-c2ccc(NC(=O)CN3C(=O)NC4(CCCCC4)C3=O)cc2)n[nH]1. The van der Waals surface area contributed by atoms with E-state index in [9.17, 15) is 14.4 Å². The van der Waals surface area contributed by atoms with E-state index in [2.05, 4.69) is 25.8 Å². The number of rotatable bonds is 5. The summed E-state index contributed by atoms with van der Waals surface area (Å²) in [6.07, 6.45) is 4.11. The molecule has 0 atom stereocenters. The Labute approximate surface area is 167 Å². The second-order valence-electron chi connectivity index (χ2n) is 7.40. The fourth-order valence-corrected chi connectivity index (χ4v) is 3.88. The van der Waals surface area contributed by atoms with Gasteiger partial charge in [-0.3, -0.25) is 19.6 Å². The molecule has 1 aliphatic carbocycles. The van der Waals surface area contributed by atoms with Gasteiger partial charge in [0.25, 0.3) is 5.91 Å². The van der Waals surface area contributed by atoms with E-state index in [1.165, 1.54) is 0 Å². The summed E-state index contributed by atoms with van der Waals surface area (Å²) in [7, 11) is 0. The van der Waals surface area contributed by atoms with Crippen LogP contribution >= 0.6 is 0 Å². The summed E-state index contributed by atoms with van der Waals surface area (Å²) in [5.41, 5.74) is 6.01. The summed E-state index contributed by atoms with van der Waals surface area (Å²) in [6.45, 7) is -0.0415. The first-order chi connectivity index (χ1) is 14.0. The molecule has 1 saturated heterocycles. The van der Waals surface area contributed by atoms with E-state index >= 15 is 0 Å². The molecule has 0 bridgehead atoms. The van der Waals surface area contributed by atoms with Gasteiger partial charge in [-0.05, 0) is 37.1 Å². The Morgan fingerprint density at radius 1 is 1.17 bits per heavy atom. The van der Waals surface area contributed by atoms with E-state index in [1.54, 1.807) is 24.3 Å². The maximum atomic E-state index is 12.7. The third kappa shape index (κ3) is 3.70. The summed E-state index contributed by atoms with van der Waals surface area (Å²) >= 11 is 0. The molecule has 152 valence electrons. The number of carbonyl (C=O) groups excluding carboxylic acids is 3. The molecule has 10 nitrogen and oxygen atoms in total. The van der Waals surface area contributed by atoms with Crippen molar-refractivity contribution in [1.82, 2.24) is 25.4 Å². The Kier molecular flexibility index (Phi) is 5.01. The van der Waals surface area contributed by atoms with Crippen LogP contribution in [0.5, 0.6) is 0 Å². The molecule has 4 amide bonds. The highest BCUT2D eigenvalue weighted by molar-refractivity contribution is 6.10. The molecular formula is C19H23N7O3. The number of aromatic amines is 1. The monoisotopic (exact) mass is 397 g/mol. The zero-order chi connectivity index (χ0) is 20.4. The number of hydrogen-bond acceptors (Lipinski definition) is 6. The van der Waals surface area contributed by atoms with Crippen LogP contribution in [0.4, 0.5) is 10.5 Å². The molecule has 0 radical (unpaired) electrons. The molecule has 2 fully saturated rings. The van der Waals surface area contributed by atoms with Crippen molar-refractivity contribution in [2.75, 3.05) is 11.9 Å². The normalized spacial score (nSPS) is 18.2. The fourth-order valence-electron chi connectivity index (χ4n) is 3.88. The van der Waals surface area contributed by atoms with E-state index in [4.69, 9.17) is 5.73 Å². The minimum absolute atomic E-state index is 0.269. The fraction of sp³-hybridized carbons (Fsp3) is 0.421. The Balaban J connectivity index is 1.38. The van der Waals surface area contributed by atoms with Gasteiger partial charge < -0.3 is 16.4 Å². The lowest BCUT2D eigenvalue weighted by Crippen LogP contribution is -2.48. The highest BCUT2D eigenvalue weighted by Crippen LogP contribution is 2.33. The van der Waals surface area contributed by atoms with Crippen molar-refractivity contribution in [1.29, 1.82) is 0 Å². The molecule has 5 N–H and O–H groups in total. The largest absolute Gasteiger partial charge is 0.325 e. The second-order valence-corrected chi connectivity index (χ2v) is 7.40. The summed E-state index contributed by atoms with van der Waals surface area (Å²) in [6, 6.07) is 6.45. The van der Waals surface area contributed by atoms with Crippen LogP contribution in [0, 0.1) is 0 Å². The first kappa shape index (κ1) is 19.1. The summed E-state index contributed by atoms with van der Waals surface area (Å²) in [5.74, 6) is 0.368. The molecule has 2 aromatic rings. The summed E-state index contributed by atoms with van der Waals surface area (Å²) in [4.78, 5) is 42.7. The van der Waals surface area contributed by atoms with Gasteiger partial charge in [0.15, 0.2) is 5.82 Å². The quantitative estimate of drug-likeness (QED) is 0.556. The minimum atomic E-state index is -0.823. The van der Waals surface area contributed by atoms with Crippen LogP contribution in [-0.4, -0.2) is 50.0 Å². The second kappa shape index (κ2) is 7.63. The van der Waals surface area contributed by atoms with Gasteiger partial charge in [-0.2, -0.15) is 5.10 Å². The van der Waals surface area contributed by atoms with Crippen LogP contribution in [0.25, 0.3) is 11.4 Å². The molecule has 10 heteroatoms. The van der Waals surface area contributed by atoms with Crippen molar-refractivity contribution in [2.24, 2.45) is 5.73 Å². The molecule has 1 saturated carbocycles. The molecule has 1 aliphatic heterocycles. The van der Waals surface area contributed by atoms with E-state index in [-0.39, 0.29) is 19.0 Å². The standard InChI is InChI=1S/C19H23N7O3/c20-10-14-22-16(25-24-14)12-4-6-13(7-5-12)21-15(27)11-26-17(28)19(23-18(26)29)8-2-1-3-9-19/h4-7H,1-3,8-11,20H2,(H,21,27)(H,23,29)(H,22,24,25). The first-order valence-electron chi connectivity index (χ1n) is 9.66. The minimum Gasteiger partial charge on any atom is -0.325 e. The lowest BCUT2D eigenvalue weighted by molar-refractivity contribution is -0.134. The number of amides is 4. The summed E-state index contributed by atoms with van der Waals surface area (Å²) in [5, 5.41) is 12.3. The van der Waals surface area contributed by atoms with Crippen LogP contribution in [0.1, 0.15) is 37.9 Å².